The number of ether oxygens (including phenoxy) is 1. The zero-order chi connectivity index (χ0) is 17.0. The fraction of sp³-hybridized carbons (Fsp3) is 0.286. The van der Waals surface area contributed by atoms with Crippen molar-refractivity contribution in [1.82, 2.24) is 19.4 Å². The summed E-state index contributed by atoms with van der Waals surface area (Å²) in [5.74, 6) is 0.505. The summed E-state index contributed by atoms with van der Waals surface area (Å²) in [5.41, 5.74) is 6.89. The Hall–Kier alpha value is -2.60. The Balaban J connectivity index is 2.05. The lowest BCUT2D eigenvalue weighted by atomic mass is 10.3. The molecule has 9 heteroatoms. The molecule has 0 spiro atoms. The molecule has 2 aromatic rings. The summed E-state index contributed by atoms with van der Waals surface area (Å²) in [4.78, 5) is 21.1. The standard InChI is InChI=1S/C14H15BrN6O2/c1-20(2)12(22)8-23-11-4-3-9(6-18-11)7-21-13(17)10(5-16)19-14(21)15/h3-4,6H,7-8,17H2,1-2H3. The molecule has 23 heavy (non-hydrogen) atoms. The molecule has 2 heterocycles. The third-order valence-corrected chi connectivity index (χ3v) is 3.65. The van der Waals surface area contributed by atoms with E-state index in [1.165, 1.54) is 4.90 Å². The minimum atomic E-state index is -0.143. The predicted octanol–water partition coefficient (Wildman–Crippen LogP) is 1.01. The van der Waals surface area contributed by atoms with Crippen LogP contribution in [-0.2, 0) is 11.3 Å². The second-order valence-corrected chi connectivity index (χ2v) is 5.60. The molecule has 0 saturated heterocycles. The largest absolute Gasteiger partial charge is 0.468 e. The number of imidazole rings is 1. The van der Waals surface area contributed by atoms with Crippen LogP contribution < -0.4 is 10.5 Å². The van der Waals surface area contributed by atoms with Gasteiger partial charge in [-0.2, -0.15) is 5.26 Å². The third kappa shape index (κ3) is 3.98. The Morgan fingerprint density at radius 3 is 2.78 bits per heavy atom. The second-order valence-electron chi connectivity index (χ2n) is 4.89. The van der Waals surface area contributed by atoms with Gasteiger partial charge in [-0.1, -0.05) is 6.07 Å². The van der Waals surface area contributed by atoms with Crippen LogP contribution in [0.2, 0.25) is 0 Å². The number of pyridine rings is 1. The number of aromatic nitrogens is 3. The van der Waals surface area contributed by atoms with Crippen LogP contribution in [0, 0.1) is 11.3 Å². The molecule has 0 radical (unpaired) electrons. The highest BCUT2D eigenvalue weighted by Gasteiger charge is 2.13. The Morgan fingerprint density at radius 1 is 1.52 bits per heavy atom. The SMILES string of the molecule is CN(C)C(=O)COc1ccc(Cn2c(Br)nc(C#N)c2N)cn1. The molecule has 0 aromatic carbocycles. The van der Waals surface area contributed by atoms with Gasteiger partial charge in [0.1, 0.15) is 11.9 Å². The molecule has 0 aliphatic heterocycles. The molecule has 1 amide bonds. The number of hydrogen-bond donors (Lipinski definition) is 1. The van der Waals surface area contributed by atoms with Crippen LogP contribution >= 0.6 is 15.9 Å². The molecular weight excluding hydrogens is 364 g/mol. The number of amides is 1. The van der Waals surface area contributed by atoms with Gasteiger partial charge in [0.15, 0.2) is 17.0 Å². The molecule has 0 aliphatic rings. The van der Waals surface area contributed by atoms with Crippen LogP contribution in [0.15, 0.2) is 23.1 Å². The molecular formula is C14H15BrN6O2. The van der Waals surface area contributed by atoms with Crippen molar-refractivity contribution in [2.75, 3.05) is 26.4 Å². The van der Waals surface area contributed by atoms with Crippen molar-refractivity contribution in [3.05, 3.63) is 34.3 Å². The maximum absolute atomic E-state index is 11.4. The minimum absolute atomic E-state index is 0.0646. The van der Waals surface area contributed by atoms with Gasteiger partial charge in [-0.25, -0.2) is 9.97 Å². The Labute approximate surface area is 141 Å². The molecule has 120 valence electrons. The average molecular weight is 379 g/mol. The zero-order valence-electron chi connectivity index (χ0n) is 12.7. The van der Waals surface area contributed by atoms with Crippen LogP contribution in [0.25, 0.3) is 0 Å². The molecule has 8 nitrogen and oxygen atoms in total. The molecule has 2 aromatic heterocycles. The van der Waals surface area contributed by atoms with E-state index in [1.807, 2.05) is 6.07 Å². The van der Waals surface area contributed by atoms with Crippen molar-refractivity contribution < 1.29 is 9.53 Å². The van der Waals surface area contributed by atoms with Gasteiger partial charge in [-0.3, -0.25) is 4.79 Å². The number of rotatable bonds is 5. The summed E-state index contributed by atoms with van der Waals surface area (Å²) in [6.07, 6.45) is 1.62. The second kappa shape index (κ2) is 7.11. The highest BCUT2D eigenvalue weighted by atomic mass is 79.9. The van der Waals surface area contributed by atoms with E-state index in [-0.39, 0.29) is 24.0 Å². The van der Waals surface area contributed by atoms with Crippen molar-refractivity contribution in [2.24, 2.45) is 0 Å². The predicted molar refractivity (Wildman–Crippen MR) is 86.6 cm³/mol. The van der Waals surface area contributed by atoms with E-state index in [0.29, 0.717) is 17.2 Å². The Bertz CT molecular complexity index is 748. The number of halogens is 1. The number of carbonyl (C=O) groups is 1. The van der Waals surface area contributed by atoms with Gasteiger partial charge in [0.25, 0.3) is 5.91 Å². The molecule has 0 aliphatic carbocycles. The lowest BCUT2D eigenvalue weighted by molar-refractivity contribution is -0.130. The number of carbonyl (C=O) groups excluding carboxylic acids is 1. The maximum Gasteiger partial charge on any atom is 0.260 e. The Kier molecular flexibility index (Phi) is 5.18. The first-order valence-corrected chi connectivity index (χ1v) is 7.41. The fourth-order valence-electron chi connectivity index (χ4n) is 1.71. The Morgan fingerprint density at radius 2 is 2.26 bits per heavy atom. The van der Waals surface area contributed by atoms with E-state index in [0.717, 1.165) is 5.56 Å². The smallest absolute Gasteiger partial charge is 0.260 e. The summed E-state index contributed by atoms with van der Waals surface area (Å²) in [6.45, 7) is 0.343. The lowest BCUT2D eigenvalue weighted by Crippen LogP contribution is -2.27. The van der Waals surface area contributed by atoms with Gasteiger partial charge in [-0.05, 0) is 21.5 Å². The van der Waals surface area contributed by atoms with E-state index < -0.39 is 0 Å². The van der Waals surface area contributed by atoms with E-state index in [1.54, 1.807) is 37.0 Å². The van der Waals surface area contributed by atoms with Crippen molar-refractivity contribution in [3.8, 4) is 11.9 Å². The summed E-state index contributed by atoms with van der Waals surface area (Å²) in [7, 11) is 3.32. The van der Waals surface area contributed by atoms with Crippen molar-refractivity contribution in [3.63, 3.8) is 0 Å². The summed E-state index contributed by atoms with van der Waals surface area (Å²) < 4.78 is 7.44. The molecule has 2 N–H and O–H groups in total. The van der Waals surface area contributed by atoms with E-state index in [4.69, 9.17) is 15.7 Å². The molecule has 0 saturated carbocycles. The van der Waals surface area contributed by atoms with Crippen LogP contribution in [0.5, 0.6) is 5.88 Å². The third-order valence-electron chi connectivity index (χ3n) is 3.05. The molecule has 0 atom stereocenters. The van der Waals surface area contributed by atoms with Gasteiger partial charge < -0.3 is 19.9 Å². The molecule has 0 bridgehead atoms. The van der Waals surface area contributed by atoms with Crippen LogP contribution in [0.3, 0.4) is 0 Å². The van der Waals surface area contributed by atoms with Crippen molar-refractivity contribution >= 4 is 27.7 Å². The molecule has 0 fully saturated rings. The quantitative estimate of drug-likeness (QED) is 0.830. The first-order valence-electron chi connectivity index (χ1n) is 6.62. The normalized spacial score (nSPS) is 10.2. The monoisotopic (exact) mass is 378 g/mol. The number of likely N-dealkylation sites (N-methyl/N-ethyl adjacent to an activating group) is 1. The topological polar surface area (TPSA) is 110 Å². The first kappa shape index (κ1) is 16.8. The number of anilines is 1. The van der Waals surface area contributed by atoms with E-state index in [9.17, 15) is 4.79 Å². The summed E-state index contributed by atoms with van der Waals surface area (Å²) in [5, 5.41) is 8.92. The zero-order valence-corrected chi connectivity index (χ0v) is 14.2. The highest BCUT2D eigenvalue weighted by Crippen LogP contribution is 2.20. The number of nitrogen functional groups attached to an aromatic ring is 1. The minimum Gasteiger partial charge on any atom is -0.468 e. The van der Waals surface area contributed by atoms with Gasteiger partial charge >= 0.3 is 0 Å². The fourth-order valence-corrected chi connectivity index (χ4v) is 2.20. The summed E-state index contributed by atoms with van der Waals surface area (Å²) >= 11 is 3.27. The highest BCUT2D eigenvalue weighted by molar-refractivity contribution is 9.10. The van der Waals surface area contributed by atoms with Crippen LogP contribution in [0.1, 0.15) is 11.3 Å². The maximum atomic E-state index is 11.4. The first-order chi connectivity index (χ1) is 10.9. The van der Waals surface area contributed by atoms with Gasteiger partial charge in [0.05, 0.1) is 6.54 Å². The van der Waals surface area contributed by atoms with Gasteiger partial charge in [0, 0.05) is 26.4 Å². The van der Waals surface area contributed by atoms with E-state index >= 15 is 0 Å². The number of hydrogen-bond acceptors (Lipinski definition) is 6. The molecule has 2 rings (SSSR count). The van der Waals surface area contributed by atoms with Crippen molar-refractivity contribution in [1.29, 1.82) is 5.26 Å². The van der Waals surface area contributed by atoms with E-state index in [2.05, 4.69) is 25.9 Å². The average Bonchev–Trinajstić information content (AvgIpc) is 2.81. The summed E-state index contributed by atoms with van der Waals surface area (Å²) in [6, 6.07) is 5.41. The van der Waals surface area contributed by atoms with Crippen molar-refractivity contribution in [2.45, 2.75) is 6.54 Å². The van der Waals surface area contributed by atoms with Crippen LogP contribution in [0.4, 0.5) is 5.82 Å². The number of nitrogens with zero attached hydrogens (tertiary/aromatic N) is 5. The van der Waals surface area contributed by atoms with Gasteiger partial charge in [-0.15, -0.1) is 0 Å². The van der Waals surface area contributed by atoms with Gasteiger partial charge in [0.2, 0.25) is 5.88 Å². The van der Waals surface area contributed by atoms with Crippen LogP contribution in [-0.4, -0.2) is 46.0 Å². The molecule has 0 unspecified atom stereocenters. The number of nitrogens with two attached hydrogens (primary N) is 1. The lowest BCUT2D eigenvalue weighted by Gasteiger charge is -2.11. The number of nitriles is 1.